The van der Waals surface area contributed by atoms with Crippen LogP contribution in [0, 0.1) is 13.8 Å². The first kappa shape index (κ1) is 22.4. The van der Waals surface area contributed by atoms with Crippen LogP contribution >= 0.6 is 0 Å². The molecule has 0 fully saturated rings. The van der Waals surface area contributed by atoms with Crippen LogP contribution in [0.15, 0.2) is 83.8 Å². The zero-order valence-electron chi connectivity index (χ0n) is 17.6. The third-order valence-electron chi connectivity index (χ3n) is 4.69. The van der Waals surface area contributed by atoms with Crippen molar-refractivity contribution < 1.29 is 17.9 Å². The number of benzene rings is 3. The van der Waals surface area contributed by atoms with Crippen LogP contribution in [0.2, 0.25) is 0 Å². The van der Waals surface area contributed by atoms with Crippen molar-refractivity contribution in [3.05, 3.63) is 90.0 Å². The van der Waals surface area contributed by atoms with Crippen molar-refractivity contribution in [2.24, 2.45) is 0 Å². The molecule has 0 saturated carbocycles. The second-order valence-corrected chi connectivity index (χ2v) is 8.99. The van der Waals surface area contributed by atoms with E-state index in [0.717, 1.165) is 21.2 Å². The molecule has 0 aliphatic heterocycles. The third kappa shape index (κ3) is 5.86. The summed E-state index contributed by atoms with van der Waals surface area (Å²) in [4.78, 5) is 12.7. The fourth-order valence-electron chi connectivity index (χ4n) is 3.03. The first-order valence-electron chi connectivity index (χ1n) is 9.97. The number of nitrogens with zero attached hydrogens (tertiary/aromatic N) is 1. The maximum Gasteiger partial charge on any atom is 0.264 e. The molecule has 3 aromatic carbocycles. The van der Waals surface area contributed by atoms with Crippen molar-refractivity contribution in [2.45, 2.75) is 18.7 Å². The minimum Gasteiger partial charge on any atom is -0.491 e. The Hall–Kier alpha value is -3.32. The van der Waals surface area contributed by atoms with Gasteiger partial charge in [0.1, 0.15) is 18.9 Å². The van der Waals surface area contributed by atoms with Gasteiger partial charge in [-0.15, -0.1) is 0 Å². The summed E-state index contributed by atoms with van der Waals surface area (Å²) < 4.78 is 33.2. The topological polar surface area (TPSA) is 75.7 Å². The average Bonchev–Trinajstić information content (AvgIpc) is 2.78. The summed E-state index contributed by atoms with van der Waals surface area (Å²) in [7, 11) is -3.89. The summed E-state index contributed by atoms with van der Waals surface area (Å²) in [5.74, 6) is 0.361. The number of hydrogen-bond donors (Lipinski definition) is 1. The number of nitrogens with one attached hydrogen (secondary N) is 1. The Morgan fingerprint density at radius 1 is 0.935 bits per heavy atom. The van der Waals surface area contributed by atoms with E-state index in [1.165, 1.54) is 12.1 Å². The predicted octanol–water partition coefficient (Wildman–Crippen LogP) is 3.69. The third-order valence-corrected chi connectivity index (χ3v) is 6.48. The van der Waals surface area contributed by atoms with Crippen molar-refractivity contribution >= 4 is 21.6 Å². The van der Waals surface area contributed by atoms with E-state index >= 15 is 0 Å². The smallest absolute Gasteiger partial charge is 0.264 e. The molecule has 3 aromatic rings. The fraction of sp³-hybridized carbons (Fsp3) is 0.208. The van der Waals surface area contributed by atoms with Gasteiger partial charge in [0.2, 0.25) is 5.91 Å². The van der Waals surface area contributed by atoms with Gasteiger partial charge in [-0.25, -0.2) is 8.42 Å². The second-order valence-electron chi connectivity index (χ2n) is 7.13. The van der Waals surface area contributed by atoms with E-state index in [2.05, 4.69) is 5.32 Å². The average molecular weight is 439 g/mol. The molecule has 0 aliphatic rings. The number of carbonyl (C=O) groups excluding carboxylic acids is 1. The molecule has 0 saturated heterocycles. The van der Waals surface area contributed by atoms with Crippen molar-refractivity contribution in [1.29, 1.82) is 0 Å². The number of hydrogen-bond acceptors (Lipinski definition) is 4. The highest BCUT2D eigenvalue weighted by Crippen LogP contribution is 2.23. The van der Waals surface area contributed by atoms with Crippen LogP contribution in [-0.2, 0) is 14.8 Å². The molecule has 31 heavy (non-hydrogen) atoms. The van der Waals surface area contributed by atoms with Gasteiger partial charge in [-0.05, 0) is 55.3 Å². The Morgan fingerprint density at radius 2 is 1.58 bits per heavy atom. The van der Waals surface area contributed by atoms with Gasteiger partial charge >= 0.3 is 0 Å². The van der Waals surface area contributed by atoms with Crippen LogP contribution in [0.3, 0.4) is 0 Å². The molecule has 1 amide bonds. The van der Waals surface area contributed by atoms with Gasteiger partial charge in [0.05, 0.1) is 17.1 Å². The molecule has 0 heterocycles. The largest absolute Gasteiger partial charge is 0.491 e. The molecule has 162 valence electrons. The van der Waals surface area contributed by atoms with E-state index in [1.807, 2.05) is 32.0 Å². The van der Waals surface area contributed by atoms with E-state index in [-0.39, 0.29) is 24.6 Å². The Balaban J connectivity index is 1.66. The quantitative estimate of drug-likeness (QED) is 0.517. The molecule has 7 heteroatoms. The van der Waals surface area contributed by atoms with Crippen molar-refractivity contribution in [3.8, 4) is 5.75 Å². The van der Waals surface area contributed by atoms with Crippen LogP contribution in [0.5, 0.6) is 5.75 Å². The van der Waals surface area contributed by atoms with Gasteiger partial charge in [-0.1, -0.05) is 48.5 Å². The number of carbonyl (C=O) groups is 1. The lowest BCUT2D eigenvalue weighted by Gasteiger charge is -2.24. The Morgan fingerprint density at radius 3 is 2.26 bits per heavy atom. The summed E-state index contributed by atoms with van der Waals surface area (Å²) in [5.41, 5.74) is 2.53. The van der Waals surface area contributed by atoms with E-state index in [1.54, 1.807) is 48.5 Å². The first-order valence-corrected chi connectivity index (χ1v) is 11.4. The minimum atomic E-state index is -3.89. The van der Waals surface area contributed by atoms with Crippen molar-refractivity contribution in [3.63, 3.8) is 0 Å². The molecule has 3 rings (SSSR count). The second kappa shape index (κ2) is 10.1. The van der Waals surface area contributed by atoms with E-state index in [0.29, 0.717) is 5.69 Å². The van der Waals surface area contributed by atoms with E-state index < -0.39 is 15.9 Å². The molecule has 0 radical (unpaired) electrons. The van der Waals surface area contributed by atoms with E-state index in [4.69, 9.17) is 4.74 Å². The normalized spacial score (nSPS) is 11.0. The highest BCUT2D eigenvalue weighted by molar-refractivity contribution is 7.92. The number of amides is 1. The lowest BCUT2D eigenvalue weighted by Crippen LogP contribution is -2.41. The van der Waals surface area contributed by atoms with Crippen LogP contribution in [0.4, 0.5) is 5.69 Å². The predicted molar refractivity (Wildman–Crippen MR) is 122 cm³/mol. The number of rotatable bonds is 9. The standard InChI is InChI=1S/C24H26N2O4S/c1-19-13-14-20(2)23(17-19)30-16-15-25-24(27)18-26(21-9-5-3-6-10-21)31(28,29)22-11-7-4-8-12-22/h3-14,17H,15-16,18H2,1-2H3,(H,25,27). The fourth-order valence-corrected chi connectivity index (χ4v) is 4.47. The molecule has 1 N–H and O–H groups in total. The molecular weight excluding hydrogens is 412 g/mol. The Labute approximate surface area is 183 Å². The van der Waals surface area contributed by atoms with Crippen molar-refractivity contribution in [1.82, 2.24) is 5.32 Å². The lowest BCUT2D eigenvalue weighted by atomic mass is 10.1. The Kier molecular flexibility index (Phi) is 7.31. The molecular formula is C24H26N2O4S. The van der Waals surface area contributed by atoms with Crippen LogP contribution in [0.25, 0.3) is 0 Å². The summed E-state index contributed by atoms with van der Waals surface area (Å²) in [6, 6.07) is 22.6. The number of sulfonamides is 1. The van der Waals surface area contributed by atoms with Crippen LogP contribution in [-0.4, -0.2) is 34.0 Å². The van der Waals surface area contributed by atoms with Crippen LogP contribution in [0.1, 0.15) is 11.1 Å². The highest BCUT2D eigenvalue weighted by atomic mass is 32.2. The van der Waals surface area contributed by atoms with Gasteiger partial charge in [0, 0.05) is 0 Å². The summed E-state index contributed by atoms with van der Waals surface area (Å²) in [6.45, 7) is 4.16. The molecule has 0 atom stereocenters. The number of anilines is 1. The molecule has 0 unspecified atom stereocenters. The van der Waals surface area contributed by atoms with Crippen molar-refractivity contribution in [2.75, 3.05) is 24.0 Å². The van der Waals surface area contributed by atoms with E-state index in [9.17, 15) is 13.2 Å². The van der Waals surface area contributed by atoms with Gasteiger partial charge in [-0.3, -0.25) is 9.10 Å². The Bertz CT molecular complexity index is 1120. The summed E-state index contributed by atoms with van der Waals surface area (Å²) in [5, 5.41) is 2.74. The number of aryl methyl sites for hydroxylation is 2. The maximum absolute atomic E-state index is 13.2. The molecule has 0 aromatic heterocycles. The van der Waals surface area contributed by atoms with Crippen LogP contribution < -0.4 is 14.4 Å². The molecule has 6 nitrogen and oxygen atoms in total. The molecule has 0 bridgehead atoms. The lowest BCUT2D eigenvalue weighted by molar-refractivity contribution is -0.119. The summed E-state index contributed by atoms with van der Waals surface area (Å²) >= 11 is 0. The minimum absolute atomic E-state index is 0.130. The molecule has 0 spiro atoms. The van der Waals surface area contributed by atoms with Gasteiger partial charge in [0.15, 0.2) is 0 Å². The summed E-state index contributed by atoms with van der Waals surface area (Å²) in [6.07, 6.45) is 0. The first-order chi connectivity index (χ1) is 14.9. The number of para-hydroxylation sites is 1. The van der Waals surface area contributed by atoms with Gasteiger partial charge in [-0.2, -0.15) is 0 Å². The zero-order valence-corrected chi connectivity index (χ0v) is 18.4. The SMILES string of the molecule is Cc1ccc(C)c(OCCNC(=O)CN(c2ccccc2)S(=O)(=O)c2ccccc2)c1. The van der Waals surface area contributed by atoms with Gasteiger partial charge < -0.3 is 10.1 Å². The maximum atomic E-state index is 13.2. The molecule has 0 aliphatic carbocycles. The highest BCUT2D eigenvalue weighted by Gasteiger charge is 2.26. The monoisotopic (exact) mass is 438 g/mol. The zero-order chi connectivity index (χ0) is 22.3. The number of ether oxygens (including phenoxy) is 1. The van der Waals surface area contributed by atoms with Gasteiger partial charge in [0.25, 0.3) is 10.0 Å².